The lowest BCUT2D eigenvalue weighted by molar-refractivity contribution is 0.0838. The van der Waals surface area contributed by atoms with Crippen molar-refractivity contribution in [1.82, 2.24) is 15.3 Å². The molecule has 0 aliphatic carbocycles. The first-order valence-electron chi connectivity index (χ1n) is 6.57. The van der Waals surface area contributed by atoms with E-state index in [0.29, 0.717) is 5.92 Å². The quantitative estimate of drug-likeness (QED) is 0.871. The van der Waals surface area contributed by atoms with E-state index in [4.69, 9.17) is 9.72 Å². The Balaban J connectivity index is 1.89. The van der Waals surface area contributed by atoms with E-state index in [2.05, 4.69) is 28.5 Å². The van der Waals surface area contributed by atoms with Gasteiger partial charge in [-0.1, -0.05) is 6.07 Å². The number of rotatable bonds is 3. The molecule has 0 saturated carbocycles. The number of aromatic nitrogens is 2. The maximum absolute atomic E-state index is 5.40. The Labute approximate surface area is 107 Å². The summed E-state index contributed by atoms with van der Waals surface area (Å²) >= 11 is 0. The molecule has 1 fully saturated rings. The van der Waals surface area contributed by atoms with Crippen molar-refractivity contribution in [3.63, 3.8) is 0 Å². The van der Waals surface area contributed by atoms with Gasteiger partial charge in [0.05, 0.1) is 11.0 Å². The van der Waals surface area contributed by atoms with Gasteiger partial charge in [0.25, 0.3) is 0 Å². The summed E-state index contributed by atoms with van der Waals surface area (Å²) in [6.07, 6.45) is 2.15. The summed E-state index contributed by atoms with van der Waals surface area (Å²) in [5.41, 5.74) is 3.49. The van der Waals surface area contributed by atoms with Crippen LogP contribution in [-0.2, 0) is 11.3 Å². The molecule has 1 aromatic carbocycles. The van der Waals surface area contributed by atoms with Crippen molar-refractivity contribution in [2.24, 2.45) is 0 Å². The summed E-state index contributed by atoms with van der Waals surface area (Å²) in [6.45, 7) is 2.60. The van der Waals surface area contributed by atoms with E-state index in [-0.39, 0.29) is 0 Å². The molecule has 96 valence electrons. The SMILES string of the molecule is CNCc1ccc2nc(C3CCOCC3)[nH]c2c1. The lowest BCUT2D eigenvalue weighted by Crippen LogP contribution is -2.15. The first-order valence-corrected chi connectivity index (χ1v) is 6.57. The highest BCUT2D eigenvalue weighted by Crippen LogP contribution is 2.26. The zero-order valence-corrected chi connectivity index (χ0v) is 10.7. The topological polar surface area (TPSA) is 49.9 Å². The van der Waals surface area contributed by atoms with Crippen LogP contribution in [0, 0.1) is 0 Å². The third-order valence-electron chi connectivity index (χ3n) is 3.55. The van der Waals surface area contributed by atoms with Gasteiger partial charge < -0.3 is 15.0 Å². The van der Waals surface area contributed by atoms with E-state index in [1.165, 1.54) is 5.56 Å². The highest BCUT2D eigenvalue weighted by Gasteiger charge is 2.19. The molecule has 0 radical (unpaired) electrons. The summed E-state index contributed by atoms with van der Waals surface area (Å²) < 4.78 is 5.40. The molecule has 2 aromatic rings. The second-order valence-electron chi connectivity index (χ2n) is 4.89. The fourth-order valence-electron chi connectivity index (χ4n) is 2.55. The lowest BCUT2D eigenvalue weighted by atomic mass is 10.00. The van der Waals surface area contributed by atoms with Crippen LogP contribution in [0.3, 0.4) is 0 Å². The minimum absolute atomic E-state index is 0.527. The van der Waals surface area contributed by atoms with Crippen LogP contribution in [0.15, 0.2) is 18.2 Å². The van der Waals surface area contributed by atoms with Gasteiger partial charge in [-0.05, 0) is 37.6 Å². The number of H-pyrrole nitrogens is 1. The van der Waals surface area contributed by atoms with Crippen molar-refractivity contribution in [1.29, 1.82) is 0 Å². The molecule has 0 unspecified atom stereocenters. The molecule has 4 heteroatoms. The average molecular weight is 245 g/mol. The fourth-order valence-corrected chi connectivity index (χ4v) is 2.55. The van der Waals surface area contributed by atoms with Gasteiger partial charge in [-0.2, -0.15) is 0 Å². The molecular formula is C14H19N3O. The molecule has 2 heterocycles. The van der Waals surface area contributed by atoms with Gasteiger partial charge in [-0.25, -0.2) is 4.98 Å². The van der Waals surface area contributed by atoms with Crippen LogP contribution in [0.25, 0.3) is 11.0 Å². The van der Waals surface area contributed by atoms with Crippen molar-refractivity contribution in [2.45, 2.75) is 25.3 Å². The van der Waals surface area contributed by atoms with E-state index in [1.54, 1.807) is 0 Å². The van der Waals surface area contributed by atoms with Crippen LogP contribution in [0.4, 0.5) is 0 Å². The molecule has 18 heavy (non-hydrogen) atoms. The van der Waals surface area contributed by atoms with Crippen LogP contribution < -0.4 is 5.32 Å². The minimum atomic E-state index is 0.527. The molecule has 1 aliphatic heterocycles. The predicted molar refractivity (Wildman–Crippen MR) is 71.7 cm³/mol. The first kappa shape index (κ1) is 11.7. The first-order chi connectivity index (χ1) is 8.86. The normalized spacial score (nSPS) is 17.4. The van der Waals surface area contributed by atoms with E-state index in [9.17, 15) is 0 Å². The third-order valence-corrected chi connectivity index (χ3v) is 3.55. The molecule has 3 rings (SSSR count). The maximum Gasteiger partial charge on any atom is 0.110 e. The Morgan fingerprint density at radius 1 is 1.39 bits per heavy atom. The van der Waals surface area contributed by atoms with Gasteiger partial charge in [-0.3, -0.25) is 0 Å². The number of nitrogens with one attached hydrogen (secondary N) is 2. The average Bonchev–Trinajstić information content (AvgIpc) is 2.83. The summed E-state index contributed by atoms with van der Waals surface area (Å²) in [5.74, 6) is 1.65. The number of hydrogen-bond donors (Lipinski definition) is 2. The van der Waals surface area contributed by atoms with Gasteiger partial charge in [-0.15, -0.1) is 0 Å². The monoisotopic (exact) mass is 245 g/mol. The highest BCUT2D eigenvalue weighted by atomic mass is 16.5. The Kier molecular flexibility index (Phi) is 3.30. The fraction of sp³-hybridized carbons (Fsp3) is 0.500. The van der Waals surface area contributed by atoms with E-state index in [1.807, 2.05) is 7.05 Å². The zero-order chi connectivity index (χ0) is 12.4. The van der Waals surface area contributed by atoms with E-state index in [0.717, 1.165) is 49.5 Å². The number of fused-ring (bicyclic) bond motifs is 1. The molecule has 1 saturated heterocycles. The predicted octanol–water partition coefficient (Wildman–Crippen LogP) is 2.18. The standard InChI is InChI=1S/C14H19N3O/c1-15-9-10-2-3-12-13(8-10)17-14(16-12)11-4-6-18-7-5-11/h2-3,8,11,15H,4-7,9H2,1H3,(H,16,17). The largest absolute Gasteiger partial charge is 0.381 e. The van der Waals surface area contributed by atoms with Crippen molar-refractivity contribution >= 4 is 11.0 Å². The minimum Gasteiger partial charge on any atom is -0.381 e. The van der Waals surface area contributed by atoms with Crippen molar-refractivity contribution in [2.75, 3.05) is 20.3 Å². The Morgan fingerprint density at radius 3 is 3.00 bits per heavy atom. The number of aromatic amines is 1. The number of hydrogen-bond acceptors (Lipinski definition) is 3. The van der Waals surface area contributed by atoms with Crippen molar-refractivity contribution in [3.8, 4) is 0 Å². The summed E-state index contributed by atoms with van der Waals surface area (Å²) in [5, 5.41) is 3.17. The Morgan fingerprint density at radius 2 is 2.22 bits per heavy atom. The number of imidazole rings is 1. The Hall–Kier alpha value is -1.39. The van der Waals surface area contributed by atoms with Gasteiger partial charge in [0.2, 0.25) is 0 Å². The van der Waals surface area contributed by atoms with Gasteiger partial charge in [0.15, 0.2) is 0 Å². The van der Waals surface area contributed by atoms with Gasteiger partial charge in [0.1, 0.15) is 5.82 Å². The number of ether oxygens (including phenoxy) is 1. The van der Waals surface area contributed by atoms with E-state index < -0.39 is 0 Å². The number of nitrogens with zero attached hydrogens (tertiary/aromatic N) is 1. The van der Waals surface area contributed by atoms with Crippen LogP contribution >= 0.6 is 0 Å². The van der Waals surface area contributed by atoms with Crippen LogP contribution in [0.1, 0.15) is 30.1 Å². The molecule has 4 nitrogen and oxygen atoms in total. The highest BCUT2D eigenvalue weighted by molar-refractivity contribution is 5.76. The molecule has 1 aromatic heterocycles. The summed E-state index contributed by atoms with van der Waals surface area (Å²) in [7, 11) is 1.96. The molecule has 0 amide bonds. The lowest BCUT2D eigenvalue weighted by Gasteiger charge is -2.19. The van der Waals surface area contributed by atoms with Gasteiger partial charge in [0, 0.05) is 25.7 Å². The van der Waals surface area contributed by atoms with Crippen LogP contribution in [0.5, 0.6) is 0 Å². The molecular weight excluding hydrogens is 226 g/mol. The van der Waals surface area contributed by atoms with E-state index >= 15 is 0 Å². The van der Waals surface area contributed by atoms with Crippen molar-refractivity contribution < 1.29 is 4.74 Å². The molecule has 1 aliphatic rings. The zero-order valence-electron chi connectivity index (χ0n) is 10.7. The van der Waals surface area contributed by atoms with Crippen LogP contribution in [0.2, 0.25) is 0 Å². The van der Waals surface area contributed by atoms with Gasteiger partial charge >= 0.3 is 0 Å². The van der Waals surface area contributed by atoms with Crippen molar-refractivity contribution in [3.05, 3.63) is 29.6 Å². The summed E-state index contributed by atoms with van der Waals surface area (Å²) in [6, 6.07) is 6.41. The summed E-state index contributed by atoms with van der Waals surface area (Å²) in [4.78, 5) is 8.18. The number of benzene rings is 1. The smallest absolute Gasteiger partial charge is 0.110 e. The third kappa shape index (κ3) is 2.26. The van der Waals surface area contributed by atoms with Crippen LogP contribution in [-0.4, -0.2) is 30.2 Å². The molecule has 0 spiro atoms. The molecule has 2 N–H and O–H groups in total. The Bertz CT molecular complexity index is 529. The molecule has 0 atom stereocenters. The molecule has 0 bridgehead atoms. The second-order valence-corrected chi connectivity index (χ2v) is 4.89. The maximum atomic E-state index is 5.40. The second kappa shape index (κ2) is 5.08.